The largest absolute Gasteiger partial charge is 0.507 e. The van der Waals surface area contributed by atoms with Gasteiger partial charge in [-0.05, 0) is 12.5 Å². The second-order valence-corrected chi connectivity index (χ2v) is 5.02. The van der Waals surface area contributed by atoms with Crippen LogP contribution in [0.5, 0.6) is 5.75 Å². The topological polar surface area (TPSA) is 197 Å². The highest BCUT2D eigenvalue weighted by atomic mass is 16.6. The standard InChI is InChI=1S/C14H11N3O8/c1-4-2-5(17(24)25)3-6(10(4)18)7-8(13(20)21)11(15)16-12(19)9(7)14(22)23/h2-3,18H,1H3,(H,20,21)(H,22,23)(H3,15,16,19). The predicted octanol–water partition coefficient (Wildman–Crippen LogP) is 0.943. The van der Waals surface area contributed by atoms with Crippen LogP contribution < -0.4 is 11.3 Å². The molecule has 1 aromatic heterocycles. The number of pyridine rings is 1. The number of nitro groups is 1. The third-order valence-electron chi connectivity index (χ3n) is 3.44. The van der Waals surface area contributed by atoms with Crippen LogP contribution in [0, 0.1) is 17.0 Å². The molecule has 25 heavy (non-hydrogen) atoms. The maximum Gasteiger partial charge on any atom is 0.342 e. The molecule has 0 aliphatic heterocycles. The molecule has 0 radical (unpaired) electrons. The summed E-state index contributed by atoms with van der Waals surface area (Å²) >= 11 is 0. The number of carbonyl (C=O) groups is 2. The van der Waals surface area contributed by atoms with Gasteiger partial charge in [0.2, 0.25) is 0 Å². The van der Waals surface area contributed by atoms with Gasteiger partial charge in [-0.1, -0.05) is 0 Å². The Kier molecular flexibility index (Phi) is 4.16. The Balaban J connectivity index is 3.11. The van der Waals surface area contributed by atoms with Crippen molar-refractivity contribution in [3.8, 4) is 16.9 Å². The van der Waals surface area contributed by atoms with E-state index in [1.807, 2.05) is 4.98 Å². The molecule has 0 bridgehead atoms. The molecule has 0 saturated heterocycles. The number of carboxylic acid groups (broad SMARTS) is 2. The van der Waals surface area contributed by atoms with Crippen molar-refractivity contribution in [2.45, 2.75) is 6.92 Å². The zero-order valence-corrected chi connectivity index (χ0v) is 12.6. The Hall–Kier alpha value is -3.89. The minimum absolute atomic E-state index is 0.0178. The number of aromatic nitrogens is 1. The van der Waals surface area contributed by atoms with Gasteiger partial charge in [0.25, 0.3) is 11.2 Å². The number of anilines is 1. The first-order valence-corrected chi connectivity index (χ1v) is 6.57. The Labute approximate surface area is 138 Å². The summed E-state index contributed by atoms with van der Waals surface area (Å²) in [7, 11) is 0. The van der Waals surface area contributed by atoms with Crippen molar-refractivity contribution < 1.29 is 29.8 Å². The number of benzene rings is 1. The van der Waals surface area contributed by atoms with Crippen molar-refractivity contribution >= 4 is 23.4 Å². The summed E-state index contributed by atoms with van der Waals surface area (Å²) in [6.07, 6.45) is 0. The number of carboxylic acids is 2. The maximum atomic E-state index is 11.9. The summed E-state index contributed by atoms with van der Waals surface area (Å²) in [5.74, 6) is -4.74. The summed E-state index contributed by atoms with van der Waals surface area (Å²) in [4.78, 5) is 47.0. The van der Waals surface area contributed by atoms with Gasteiger partial charge in [-0.25, -0.2) is 9.59 Å². The Morgan fingerprint density at radius 2 is 1.76 bits per heavy atom. The fraction of sp³-hybridized carbons (Fsp3) is 0.0714. The van der Waals surface area contributed by atoms with Crippen molar-refractivity contribution in [2.75, 3.05) is 5.73 Å². The number of phenols is 1. The number of aromatic carboxylic acids is 2. The highest BCUT2D eigenvalue weighted by molar-refractivity contribution is 6.08. The van der Waals surface area contributed by atoms with E-state index in [2.05, 4.69) is 0 Å². The van der Waals surface area contributed by atoms with Crippen LogP contribution in [0.25, 0.3) is 11.1 Å². The number of nitrogens with zero attached hydrogens (tertiary/aromatic N) is 1. The van der Waals surface area contributed by atoms with Crippen LogP contribution in [0.3, 0.4) is 0 Å². The normalized spacial score (nSPS) is 10.4. The molecular formula is C14H11N3O8. The van der Waals surface area contributed by atoms with Crippen molar-refractivity contribution in [2.24, 2.45) is 0 Å². The van der Waals surface area contributed by atoms with Gasteiger partial charge in [-0.2, -0.15) is 0 Å². The quantitative estimate of drug-likeness (QED) is 0.394. The first kappa shape index (κ1) is 17.5. The molecule has 0 unspecified atom stereocenters. The Morgan fingerprint density at radius 3 is 2.24 bits per heavy atom. The molecule has 1 heterocycles. The molecule has 0 aliphatic rings. The third-order valence-corrected chi connectivity index (χ3v) is 3.44. The van der Waals surface area contributed by atoms with E-state index < -0.39 is 61.9 Å². The van der Waals surface area contributed by atoms with Crippen LogP contribution in [0.15, 0.2) is 16.9 Å². The fourth-order valence-electron chi connectivity index (χ4n) is 2.37. The Bertz CT molecular complexity index is 993. The number of nitrogens with two attached hydrogens (primary N) is 1. The summed E-state index contributed by atoms with van der Waals surface area (Å²) < 4.78 is 0. The maximum absolute atomic E-state index is 11.9. The second-order valence-electron chi connectivity index (χ2n) is 5.02. The number of phenolic OH excluding ortho intramolecular Hbond substituents is 1. The SMILES string of the molecule is Cc1cc([N+](=O)[O-])cc(-c2c(C(=O)O)c(N)[nH]c(=O)c2C(=O)O)c1O. The monoisotopic (exact) mass is 349 g/mol. The molecule has 0 spiro atoms. The zero-order chi connectivity index (χ0) is 19.0. The number of nitro benzene ring substituents is 1. The van der Waals surface area contributed by atoms with Gasteiger partial charge in [0.1, 0.15) is 22.7 Å². The minimum Gasteiger partial charge on any atom is -0.507 e. The van der Waals surface area contributed by atoms with Gasteiger partial charge in [0.15, 0.2) is 0 Å². The molecule has 2 rings (SSSR count). The zero-order valence-electron chi connectivity index (χ0n) is 12.6. The number of H-pyrrole nitrogens is 1. The van der Waals surface area contributed by atoms with Gasteiger partial charge in [0.05, 0.1) is 4.92 Å². The number of aromatic hydroxyl groups is 1. The fourth-order valence-corrected chi connectivity index (χ4v) is 2.37. The van der Waals surface area contributed by atoms with Crippen LogP contribution in [0.1, 0.15) is 26.3 Å². The molecule has 0 atom stereocenters. The molecule has 6 N–H and O–H groups in total. The lowest BCUT2D eigenvalue weighted by Crippen LogP contribution is -2.24. The van der Waals surface area contributed by atoms with E-state index in [-0.39, 0.29) is 5.56 Å². The first-order chi connectivity index (χ1) is 11.6. The summed E-state index contributed by atoms with van der Waals surface area (Å²) in [5.41, 5.74) is 0.679. The van der Waals surface area contributed by atoms with Gasteiger partial charge in [0, 0.05) is 23.3 Å². The molecule has 0 saturated carbocycles. The van der Waals surface area contributed by atoms with Crippen molar-refractivity contribution in [1.82, 2.24) is 4.98 Å². The van der Waals surface area contributed by atoms with Crippen molar-refractivity contribution in [3.63, 3.8) is 0 Å². The van der Waals surface area contributed by atoms with E-state index in [9.17, 15) is 39.8 Å². The average molecular weight is 349 g/mol. The molecule has 2 aromatic rings. The number of aromatic amines is 1. The van der Waals surface area contributed by atoms with Gasteiger partial charge in [-0.3, -0.25) is 14.9 Å². The number of aryl methyl sites for hydroxylation is 1. The van der Waals surface area contributed by atoms with Crippen LogP contribution in [-0.2, 0) is 0 Å². The highest BCUT2D eigenvalue weighted by Crippen LogP contribution is 2.39. The molecule has 0 aliphatic carbocycles. The molecular weight excluding hydrogens is 338 g/mol. The van der Waals surface area contributed by atoms with Crippen LogP contribution in [0.2, 0.25) is 0 Å². The molecule has 1 aromatic carbocycles. The number of nitrogen functional groups attached to an aromatic ring is 1. The third kappa shape index (κ3) is 2.85. The van der Waals surface area contributed by atoms with Crippen LogP contribution in [0.4, 0.5) is 11.5 Å². The lowest BCUT2D eigenvalue weighted by molar-refractivity contribution is -0.384. The predicted molar refractivity (Wildman–Crippen MR) is 83.9 cm³/mol. The second kappa shape index (κ2) is 5.96. The van der Waals surface area contributed by atoms with Gasteiger partial charge in [-0.15, -0.1) is 0 Å². The van der Waals surface area contributed by atoms with Gasteiger partial charge >= 0.3 is 11.9 Å². The number of rotatable bonds is 4. The first-order valence-electron chi connectivity index (χ1n) is 6.57. The molecule has 11 heteroatoms. The minimum atomic E-state index is -1.79. The number of hydrogen-bond acceptors (Lipinski definition) is 7. The average Bonchev–Trinajstić information content (AvgIpc) is 2.47. The van der Waals surface area contributed by atoms with Gasteiger partial charge < -0.3 is 26.0 Å². The van der Waals surface area contributed by atoms with Crippen molar-refractivity contribution in [1.29, 1.82) is 0 Å². The van der Waals surface area contributed by atoms with E-state index in [1.54, 1.807) is 0 Å². The van der Waals surface area contributed by atoms with Crippen LogP contribution in [-0.4, -0.2) is 37.2 Å². The van der Waals surface area contributed by atoms with Crippen molar-refractivity contribution in [3.05, 3.63) is 49.3 Å². The molecule has 0 amide bonds. The Morgan fingerprint density at radius 1 is 1.20 bits per heavy atom. The molecule has 0 fully saturated rings. The smallest absolute Gasteiger partial charge is 0.342 e. The van der Waals surface area contributed by atoms with Crippen LogP contribution >= 0.6 is 0 Å². The highest BCUT2D eigenvalue weighted by Gasteiger charge is 2.29. The van der Waals surface area contributed by atoms with E-state index in [1.165, 1.54) is 6.92 Å². The van der Waals surface area contributed by atoms with E-state index >= 15 is 0 Å². The summed E-state index contributed by atoms with van der Waals surface area (Å²) in [6, 6.07) is 1.78. The number of non-ortho nitro benzene ring substituents is 1. The summed E-state index contributed by atoms with van der Waals surface area (Å²) in [5, 5.41) is 39.8. The number of nitrogens with one attached hydrogen (secondary N) is 1. The lowest BCUT2D eigenvalue weighted by Gasteiger charge is -2.14. The van der Waals surface area contributed by atoms with E-state index in [0.29, 0.717) is 0 Å². The molecule has 130 valence electrons. The van der Waals surface area contributed by atoms with E-state index in [0.717, 1.165) is 12.1 Å². The van der Waals surface area contributed by atoms with E-state index in [4.69, 9.17) is 5.73 Å². The molecule has 11 nitrogen and oxygen atoms in total. The summed E-state index contributed by atoms with van der Waals surface area (Å²) in [6.45, 7) is 1.29. The lowest BCUT2D eigenvalue weighted by atomic mass is 9.93. The number of hydrogen-bond donors (Lipinski definition) is 5.